The maximum atomic E-state index is 12.4. The van der Waals surface area contributed by atoms with Crippen molar-refractivity contribution in [2.45, 2.75) is 96.5 Å². The summed E-state index contributed by atoms with van der Waals surface area (Å²) in [6, 6.07) is -0.232. The number of rotatable bonds is 6. The van der Waals surface area contributed by atoms with E-state index in [4.69, 9.17) is 13.9 Å². The second kappa shape index (κ2) is 7.96. The lowest BCUT2D eigenvalue weighted by Gasteiger charge is -2.48. The molecular formula is C18H34N2O5Si. The molecule has 0 aliphatic carbocycles. The quantitative estimate of drug-likeness (QED) is 0.429. The third-order valence-electron chi connectivity index (χ3n) is 5.62. The molecule has 0 spiro atoms. The van der Waals surface area contributed by atoms with Crippen LogP contribution in [0.5, 0.6) is 0 Å². The normalized spacial score (nSPS) is 30.0. The number of hydrazine groups is 1. The van der Waals surface area contributed by atoms with Gasteiger partial charge in [0.1, 0.15) is 0 Å². The molecule has 2 saturated heterocycles. The van der Waals surface area contributed by atoms with Crippen LogP contribution in [0.25, 0.3) is 0 Å². The van der Waals surface area contributed by atoms with Gasteiger partial charge in [0.05, 0.1) is 24.9 Å². The van der Waals surface area contributed by atoms with Crippen molar-refractivity contribution in [1.82, 2.24) is 10.4 Å². The Kier molecular flexibility index (Phi) is 6.53. The Morgan fingerprint density at radius 2 is 2.04 bits per heavy atom. The molecule has 0 unspecified atom stereocenters. The van der Waals surface area contributed by atoms with E-state index >= 15 is 0 Å². The lowest BCUT2D eigenvalue weighted by molar-refractivity contribution is -0.222. The molecule has 1 amide bonds. The van der Waals surface area contributed by atoms with Crippen LogP contribution in [0.3, 0.4) is 0 Å². The van der Waals surface area contributed by atoms with E-state index in [0.717, 1.165) is 12.8 Å². The summed E-state index contributed by atoms with van der Waals surface area (Å²) >= 11 is 0. The van der Waals surface area contributed by atoms with Crippen LogP contribution in [0.2, 0.25) is 18.1 Å². The van der Waals surface area contributed by atoms with Crippen LogP contribution in [0.1, 0.15) is 53.9 Å². The van der Waals surface area contributed by atoms with Crippen LogP contribution in [0.4, 0.5) is 0 Å². The van der Waals surface area contributed by atoms with Crippen molar-refractivity contribution in [2.75, 3.05) is 6.61 Å². The monoisotopic (exact) mass is 386 g/mol. The average molecular weight is 387 g/mol. The predicted molar refractivity (Wildman–Crippen MR) is 101 cm³/mol. The first kappa shape index (κ1) is 21.3. The zero-order valence-corrected chi connectivity index (χ0v) is 18.1. The fourth-order valence-corrected chi connectivity index (χ4v) is 4.36. The van der Waals surface area contributed by atoms with Gasteiger partial charge >= 0.3 is 5.97 Å². The predicted octanol–water partition coefficient (Wildman–Crippen LogP) is 2.57. The lowest BCUT2D eigenvalue weighted by atomic mass is 10.0. The van der Waals surface area contributed by atoms with E-state index in [1.807, 2.05) is 13.8 Å². The number of carbonyl (C=O) groups is 2. The highest BCUT2D eigenvalue weighted by Crippen LogP contribution is 2.40. The smallest absolute Gasteiger partial charge is 0.352 e. The third kappa shape index (κ3) is 4.47. The molecule has 1 N–H and O–H groups in total. The van der Waals surface area contributed by atoms with Crippen LogP contribution in [0, 0.1) is 0 Å². The van der Waals surface area contributed by atoms with Gasteiger partial charge in [-0.15, -0.1) is 0 Å². The van der Waals surface area contributed by atoms with Crippen LogP contribution < -0.4 is 5.43 Å². The summed E-state index contributed by atoms with van der Waals surface area (Å²) in [7, 11) is -2.05. The molecule has 2 fully saturated rings. The topological polar surface area (TPSA) is 77.1 Å². The van der Waals surface area contributed by atoms with Gasteiger partial charge in [0.2, 0.25) is 12.1 Å². The SMILES string of the molecule is CCCCOC(=O)[C@@H]1O[C@@H](C)[C@H](O[Si](C)(C)C(C)(C)C)[C@H]2CC(=O)NN21. The Hall–Kier alpha value is -0.963. The van der Waals surface area contributed by atoms with Crippen LogP contribution in [-0.4, -0.2) is 56.3 Å². The molecule has 150 valence electrons. The van der Waals surface area contributed by atoms with Gasteiger partial charge in [-0.2, -0.15) is 5.01 Å². The molecule has 0 bridgehead atoms. The number of hydrogen-bond acceptors (Lipinski definition) is 6. The minimum absolute atomic E-state index is 0.0452. The second-order valence-corrected chi connectivity index (χ2v) is 13.5. The lowest BCUT2D eigenvalue weighted by Crippen LogP contribution is -2.65. The molecule has 4 atom stereocenters. The summed E-state index contributed by atoms with van der Waals surface area (Å²) in [5.41, 5.74) is 2.76. The Morgan fingerprint density at radius 1 is 1.38 bits per heavy atom. The summed E-state index contributed by atoms with van der Waals surface area (Å²) in [6.45, 7) is 15.2. The maximum absolute atomic E-state index is 12.4. The summed E-state index contributed by atoms with van der Waals surface area (Å²) < 4.78 is 17.8. The largest absolute Gasteiger partial charge is 0.463 e. The molecule has 0 aromatic heterocycles. The van der Waals surface area contributed by atoms with Crippen molar-refractivity contribution in [2.24, 2.45) is 0 Å². The number of unbranched alkanes of at least 4 members (excludes halogenated alkanes) is 1. The average Bonchev–Trinajstić information content (AvgIpc) is 2.90. The number of nitrogens with zero attached hydrogens (tertiary/aromatic N) is 1. The Morgan fingerprint density at radius 3 is 2.62 bits per heavy atom. The molecule has 2 aliphatic rings. The van der Waals surface area contributed by atoms with E-state index < -0.39 is 20.5 Å². The van der Waals surface area contributed by atoms with Gasteiger partial charge in [-0.05, 0) is 31.5 Å². The Labute approximate surface area is 157 Å². The first-order valence-electron chi connectivity index (χ1n) is 9.55. The molecular weight excluding hydrogens is 352 g/mol. The first-order valence-corrected chi connectivity index (χ1v) is 12.5. The summed E-state index contributed by atoms with van der Waals surface area (Å²) in [4.78, 5) is 24.5. The van der Waals surface area contributed by atoms with Crippen molar-refractivity contribution >= 4 is 20.2 Å². The number of ether oxygens (including phenoxy) is 2. The Balaban J connectivity index is 2.16. The van der Waals surface area contributed by atoms with Gasteiger partial charge in [0.25, 0.3) is 0 Å². The highest BCUT2D eigenvalue weighted by molar-refractivity contribution is 6.74. The van der Waals surface area contributed by atoms with E-state index in [9.17, 15) is 9.59 Å². The summed E-state index contributed by atoms with van der Waals surface area (Å²) in [5, 5.41) is 1.64. The zero-order chi connectivity index (χ0) is 19.7. The van der Waals surface area contributed by atoms with Crippen molar-refractivity contribution in [1.29, 1.82) is 0 Å². The first-order chi connectivity index (χ1) is 12.0. The summed E-state index contributed by atoms with van der Waals surface area (Å²) in [6.07, 6.45) is 0.557. The fraction of sp³-hybridized carbons (Fsp3) is 0.889. The van der Waals surface area contributed by atoms with Gasteiger partial charge in [0, 0.05) is 6.42 Å². The minimum Gasteiger partial charge on any atom is -0.463 e. The molecule has 0 radical (unpaired) electrons. The Bertz CT molecular complexity index is 534. The molecule has 0 aromatic carbocycles. The molecule has 7 nitrogen and oxygen atoms in total. The number of amides is 1. The second-order valence-electron chi connectivity index (χ2n) is 8.77. The summed E-state index contributed by atoms with van der Waals surface area (Å²) in [5.74, 6) is -0.578. The van der Waals surface area contributed by atoms with Crippen LogP contribution in [0.15, 0.2) is 0 Å². The highest BCUT2D eigenvalue weighted by atomic mass is 28.4. The van der Waals surface area contributed by atoms with Gasteiger partial charge in [0.15, 0.2) is 8.32 Å². The van der Waals surface area contributed by atoms with E-state index in [0.29, 0.717) is 13.0 Å². The van der Waals surface area contributed by atoms with E-state index in [1.54, 1.807) is 5.01 Å². The molecule has 0 saturated carbocycles. The van der Waals surface area contributed by atoms with Gasteiger partial charge < -0.3 is 13.9 Å². The van der Waals surface area contributed by atoms with Crippen molar-refractivity contribution in [3.05, 3.63) is 0 Å². The standard InChI is InChI=1S/C18H34N2O5Si/c1-8-9-10-23-17(22)16-20-13(11-14(21)19-20)15(12(2)24-16)25-26(6,7)18(3,4)5/h12-13,15-16H,8-11H2,1-7H3,(H,19,21)/t12-,13+,15-,16-/m0/s1. The number of carbonyl (C=O) groups excluding carboxylic acids is 2. The van der Waals surface area contributed by atoms with Crippen LogP contribution in [-0.2, 0) is 23.5 Å². The van der Waals surface area contributed by atoms with Crippen LogP contribution >= 0.6 is 0 Å². The minimum atomic E-state index is -2.05. The molecule has 2 rings (SSSR count). The molecule has 2 heterocycles. The number of hydrogen-bond donors (Lipinski definition) is 1. The van der Waals surface area contributed by atoms with Gasteiger partial charge in [-0.25, -0.2) is 4.79 Å². The molecule has 26 heavy (non-hydrogen) atoms. The zero-order valence-electron chi connectivity index (χ0n) is 17.1. The van der Waals surface area contributed by atoms with Gasteiger partial charge in [-0.3, -0.25) is 10.2 Å². The van der Waals surface area contributed by atoms with E-state index in [-0.39, 0.29) is 29.2 Å². The molecule has 2 aliphatic heterocycles. The number of esters is 1. The third-order valence-corrected chi connectivity index (χ3v) is 10.1. The molecule has 8 heteroatoms. The highest BCUT2D eigenvalue weighted by Gasteiger charge is 2.53. The van der Waals surface area contributed by atoms with Crippen molar-refractivity contribution in [3.63, 3.8) is 0 Å². The van der Waals surface area contributed by atoms with Crippen molar-refractivity contribution < 1.29 is 23.5 Å². The van der Waals surface area contributed by atoms with Crippen molar-refractivity contribution in [3.8, 4) is 0 Å². The molecule has 0 aromatic rings. The van der Waals surface area contributed by atoms with Gasteiger partial charge in [-0.1, -0.05) is 34.1 Å². The number of nitrogens with one attached hydrogen (secondary N) is 1. The van der Waals surface area contributed by atoms with E-state index in [1.165, 1.54) is 0 Å². The van der Waals surface area contributed by atoms with E-state index in [2.05, 4.69) is 39.3 Å². The fourth-order valence-electron chi connectivity index (χ4n) is 2.98. The maximum Gasteiger partial charge on any atom is 0.352 e. The number of fused-ring (bicyclic) bond motifs is 1.